The molecule has 0 saturated heterocycles. The molecule has 2 aromatic carbocycles. The molecule has 0 radical (unpaired) electrons. The van der Waals surface area contributed by atoms with E-state index >= 15 is 0 Å². The number of esters is 1. The van der Waals surface area contributed by atoms with Gasteiger partial charge < -0.3 is 25.6 Å². The Morgan fingerprint density at radius 3 is 2.59 bits per heavy atom. The maximum Gasteiger partial charge on any atom is 0.322 e. The van der Waals surface area contributed by atoms with Crippen molar-refractivity contribution < 1.29 is 19.4 Å². The molecule has 200 valence electrons. The van der Waals surface area contributed by atoms with Gasteiger partial charge in [0, 0.05) is 12.1 Å². The maximum absolute atomic E-state index is 11.7. The first-order valence-corrected chi connectivity index (χ1v) is 13.3. The Morgan fingerprint density at radius 1 is 1.24 bits per heavy atom. The number of ether oxygens (including phenoxy) is 2. The lowest BCUT2D eigenvalue weighted by atomic mass is 9.88. The van der Waals surface area contributed by atoms with Crippen LogP contribution in [0.4, 0.5) is 0 Å². The van der Waals surface area contributed by atoms with Crippen LogP contribution < -0.4 is 15.8 Å². The Balaban J connectivity index is 1.44. The van der Waals surface area contributed by atoms with Crippen molar-refractivity contribution in [1.29, 1.82) is 5.26 Å². The second-order valence-corrected chi connectivity index (χ2v) is 10.7. The molecule has 7 nitrogen and oxygen atoms in total. The van der Waals surface area contributed by atoms with E-state index in [2.05, 4.69) is 49.5 Å². The summed E-state index contributed by atoms with van der Waals surface area (Å²) < 4.78 is 10.8. The van der Waals surface area contributed by atoms with Crippen LogP contribution in [0.3, 0.4) is 0 Å². The van der Waals surface area contributed by atoms with Crippen LogP contribution in [-0.4, -0.2) is 48.5 Å². The van der Waals surface area contributed by atoms with Gasteiger partial charge in [-0.2, -0.15) is 5.26 Å². The average molecular weight is 508 g/mol. The number of nitrogens with zero attached hydrogens (tertiary/aromatic N) is 1. The number of carbonyl (C=O) groups is 1. The predicted molar refractivity (Wildman–Crippen MR) is 144 cm³/mol. The average Bonchev–Trinajstić information content (AvgIpc) is 3.28. The number of aliphatic hydroxyl groups excluding tert-OH is 1. The van der Waals surface area contributed by atoms with Gasteiger partial charge in [0.15, 0.2) is 0 Å². The van der Waals surface area contributed by atoms with Crippen molar-refractivity contribution >= 4 is 5.97 Å². The van der Waals surface area contributed by atoms with Gasteiger partial charge in [-0.3, -0.25) is 4.79 Å². The molecule has 0 aromatic heterocycles. The summed E-state index contributed by atoms with van der Waals surface area (Å²) in [4.78, 5) is 11.7. The topological polar surface area (TPSA) is 118 Å². The molecule has 1 aliphatic rings. The van der Waals surface area contributed by atoms with Gasteiger partial charge in [-0.15, -0.1) is 0 Å². The van der Waals surface area contributed by atoms with E-state index in [1.807, 2.05) is 12.1 Å². The Bertz CT molecular complexity index is 1050. The molecule has 3 rings (SSSR count). The lowest BCUT2D eigenvalue weighted by Gasteiger charge is -2.30. The molecular formula is C30H41N3O4. The number of nitrogens with one attached hydrogen (secondary N) is 1. The molecule has 0 heterocycles. The van der Waals surface area contributed by atoms with Gasteiger partial charge in [0.25, 0.3) is 0 Å². The van der Waals surface area contributed by atoms with Crippen LogP contribution in [0.1, 0.15) is 62.3 Å². The van der Waals surface area contributed by atoms with Gasteiger partial charge in [-0.25, -0.2) is 0 Å². The van der Waals surface area contributed by atoms with Crippen molar-refractivity contribution in [2.75, 3.05) is 19.8 Å². The zero-order chi connectivity index (χ0) is 26.8. The van der Waals surface area contributed by atoms with E-state index in [-0.39, 0.29) is 18.1 Å². The Morgan fingerprint density at radius 2 is 1.95 bits per heavy atom. The van der Waals surface area contributed by atoms with Crippen molar-refractivity contribution in [1.82, 2.24) is 5.32 Å². The zero-order valence-electron chi connectivity index (χ0n) is 22.3. The molecule has 1 aliphatic carbocycles. The summed E-state index contributed by atoms with van der Waals surface area (Å²) in [6, 6.07) is 15.6. The third-order valence-corrected chi connectivity index (χ3v) is 6.92. The molecule has 0 bridgehead atoms. The number of nitrogens with two attached hydrogens (primary N) is 1. The van der Waals surface area contributed by atoms with Gasteiger partial charge in [-0.05, 0) is 94.0 Å². The van der Waals surface area contributed by atoms with Gasteiger partial charge in [-0.1, -0.05) is 30.3 Å². The van der Waals surface area contributed by atoms with Crippen LogP contribution in [0.15, 0.2) is 42.5 Å². The normalized spacial score (nSPS) is 15.0. The van der Waals surface area contributed by atoms with Crippen LogP contribution in [-0.2, 0) is 28.8 Å². The van der Waals surface area contributed by atoms with E-state index in [0.29, 0.717) is 49.6 Å². The minimum Gasteiger partial charge on any atom is -0.489 e. The third kappa shape index (κ3) is 8.85. The summed E-state index contributed by atoms with van der Waals surface area (Å²) >= 11 is 0. The summed E-state index contributed by atoms with van der Waals surface area (Å²) in [5, 5.41) is 23.6. The molecule has 0 fully saturated rings. The van der Waals surface area contributed by atoms with Crippen LogP contribution in [0, 0.1) is 17.2 Å². The van der Waals surface area contributed by atoms with Crippen LogP contribution in [0.25, 0.3) is 0 Å². The van der Waals surface area contributed by atoms with Crippen LogP contribution >= 0.6 is 0 Å². The van der Waals surface area contributed by atoms with Gasteiger partial charge in [0.05, 0.1) is 12.2 Å². The number of hydrogen-bond donors (Lipinski definition) is 3. The van der Waals surface area contributed by atoms with E-state index in [9.17, 15) is 15.2 Å². The van der Waals surface area contributed by atoms with Gasteiger partial charge in [0.1, 0.15) is 30.6 Å². The Labute approximate surface area is 221 Å². The molecule has 0 saturated carbocycles. The quantitative estimate of drug-likeness (QED) is 0.334. The van der Waals surface area contributed by atoms with Crippen molar-refractivity contribution in [3.05, 3.63) is 64.7 Å². The number of nitriles is 1. The molecule has 0 amide bonds. The molecule has 0 unspecified atom stereocenters. The van der Waals surface area contributed by atoms with Crippen molar-refractivity contribution in [3.8, 4) is 11.8 Å². The number of fused-ring (bicyclic) bond motifs is 1. The molecule has 2 atom stereocenters. The van der Waals surface area contributed by atoms with E-state index in [0.717, 1.165) is 24.8 Å². The fraction of sp³-hybridized carbons (Fsp3) is 0.533. The van der Waals surface area contributed by atoms with Crippen molar-refractivity contribution in [3.63, 3.8) is 0 Å². The fourth-order valence-corrected chi connectivity index (χ4v) is 5.05. The monoisotopic (exact) mass is 507 g/mol. The standard InChI is InChI=1S/C30H41N3O4/c1-4-36-29(35)27(32)11-7-8-21-12-13-25(18-31)28(16-21)37-20-26(34)19-33-30(2,3)17-22-14-23-9-5-6-10-24(23)15-22/h5-6,9-10,12-13,16,22,26-27,33-34H,4,7-8,11,14-15,17,19-20,32H2,1-3H3/t26-,27-/m1/s1. The second kappa shape index (κ2) is 13.6. The summed E-state index contributed by atoms with van der Waals surface area (Å²) in [6.07, 6.45) is 4.44. The first-order valence-electron chi connectivity index (χ1n) is 13.3. The third-order valence-electron chi connectivity index (χ3n) is 6.92. The van der Waals surface area contributed by atoms with Crippen LogP contribution in [0.5, 0.6) is 5.75 Å². The second-order valence-electron chi connectivity index (χ2n) is 10.7. The van der Waals surface area contributed by atoms with E-state index < -0.39 is 12.1 Å². The number of hydrogen-bond acceptors (Lipinski definition) is 7. The van der Waals surface area contributed by atoms with Crippen molar-refractivity contribution in [2.45, 2.75) is 77.0 Å². The lowest BCUT2D eigenvalue weighted by Crippen LogP contribution is -2.46. The maximum atomic E-state index is 11.7. The molecule has 4 N–H and O–H groups in total. The summed E-state index contributed by atoms with van der Waals surface area (Å²) in [7, 11) is 0. The minimum absolute atomic E-state index is 0.0871. The Kier molecular flexibility index (Phi) is 10.5. The minimum atomic E-state index is -0.710. The SMILES string of the molecule is CCOC(=O)[C@H](N)CCCc1ccc(C#N)c(OC[C@H](O)CNC(C)(C)CC2Cc3ccccc3C2)c1. The summed E-state index contributed by atoms with van der Waals surface area (Å²) in [6.45, 7) is 6.91. The highest BCUT2D eigenvalue weighted by molar-refractivity contribution is 5.75. The van der Waals surface area contributed by atoms with E-state index in [4.69, 9.17) is 15.2 Å². The predicted octanol–water partition coefficient (Wildman–Crippen LogP) is 3.68. The number of carbonyl (C=O) groups excluding carboxylic acids is 1. The van der Waals surface area contributed by atoms with Crippen molar-refractivity contribution in [2.24, 2.45) is 11.7 Å². The number of aryl methyl sites for hydroxylation is 1. The highest BCUT2D eigenvalue weighted by Crippen LogP contribution is 2.32. The number of rotatable bonds is 14. The number of β-amino-alcohol motifs (C(OH)–C–C–N with tert-alkyl or cyclic N) is 1. The zero-order valence-corrected chi connectivity index (χ0v) is 22.3. The van der Waals surface area contributed by atoms with Gasteiger partial charge in [0.2, 0.25) is 0 Å². The molecule has 7 heteroatoms. The largest absolute Gasteiger partial charge is 0.489 e. The highest BCUT2D eigenvalue weighted by atomic mass is 16.5. The fourth-order valence-electron chi connectivity index (χ4n) is 5.05. The number of benzene rings is 2. The molecular weight excluding hydrogens is 466 g/mol. The Hall–Kier alpha value is -2.92. The lowest BCUT2D eigenvalue weighted by molar-refractivity contribution is -0.144. The van der Waals surface area contributed by atoms with Gasteiger partial charge >= 0.3 is 5.97 Å². The van der Waals surface area contributed by atoms with E-state index in [1.54, 1.807) is 13.0 Å². The number of aliphatic hydroxyl groups is 1. The molecule has 37 heavy (non-hydrogen) atoms. The molecule has 0 spiro atoms. The van der Waals surface area contributed by atoms with Crippen LogP contribution in [0.2, 0.25) is 0 Å². The summed E-state index contributed by atoms with van der Waals surface area (Å²) in [5.41, 5.74) is 10.1. The summed E-state index contributed by atoms with van der Waals surface area (Å²) in [5.74, 6) is 0.670. The highest BCUT2D eigenvalue weighted by Gasteiger charge is 2.28. The first kappa shape index (κ1) is 28.6. The smallest absolute Gasteiger partial charge is 0.322 e. The molecule has 2 aromatic rings. The molecule has 0 aliphatic heterocycles. The first-order chi connectivity index (χ1) is 17.7. The van der Waals surface area contributed by atoms with E-state index in [1.165, 1.54) is 11.1 Å².